The largest absolute Gasteiger partial charge is 0.489 e. The molecule has 2 heterocycles. The molecular weight excluding hydrogens is 559 g/mol. The first-order valence-electron chi connectivity index (χ1n) is 13.4. The maximum atomic E-state index is 13.4. The molecule has 0 saturated heterocycles. The van der Waals surface area contributed by atoms with Crippen molar-refractivity contribution in [2.75, 3.05) is 0 Å². The number of Topliss-reactive ketones (excluding diaryl/α,β-unsaturated/α-hetero) is 2. The summed E-state index contributed by atoms with van der Waals surface area (Å²) in [5, 5.41) is 0.809. The molecule has 0 fully saturated rings. The minimum Gasteiger partial charge on any atom is -0.489 e. The van der Waals surface area contributed by atoms with E-state index >= 15 is 0 Å². The summed E-state index contributed by atoms with van der Waals surface area (Å²) in [4.78, 5) is 29.0. The number of unbranched alkanes of at least 4 members (excludes halogenated alkanes) is 4. The fourth-order valence-electron chi connectivity index (χ4n) is 4.54. The number of fused-ring (bicyclic) bond motifs is 2. The van der Waals surface area contributed by atoms with Crippen LogP contribution in [0.3, 0.4) is 0 Å². The Morgan fingerprint density at radius 1 is 0.684 bits per heavy atom. The smallest absolute Gasteiger partial charge is 0.202 e. The number of halogens is 2. The van der Waals surface area contributed by atoms with E-state index in [0.717, 1.165) is 61.2 Å². The standard InChI is InChI=1S/C30H34Cl2O4S2/c1-5-7-9-11-17(3)35-23-15-25-19(13-21(23)31)27(33)29(37-25)30-28(34)20-14-22(32)24(16-26(20)38-30)36-18(4)12-10-8-6-2/h13-18H,5-12H2,1-4H3/b30-29-/t17-,18-/m1/s1. The monoisotopic (exact) mass is 592 g/mol. The number of ketones is 2. The molecule has 2 atom stereocenters. The molecule has 8 heteroatoms. The van der Waals surface area contributed by atoms with Gasteiger partial charge in [0.1, 0.15) is 11.5 Å². The van der Waals surface area contributed by atoms with E-state index in [1.54, 1.807) is 12.1 Å². The average Bonchev–Trinajstić information content (AvgIpc) is 3.35. The van der Waals surface area contributed by atoms with E-state index in [1.807, 2.05) is 26.0 Å². The molecule has 0 saturated carbocycles. The fraction of sp³-hybridized carbons (Fsp3) is 0.467. The summed E-state index contributed by atoms with van der Waals surface area (Å²) >= 11 is 15.6. The molecule has 2 aromatic carbocycles. The molecule has 0 N–H and O–H groups in total. The van der Waals surface area contributed by atoms with Crippen molar-refractivity contribution in [3.05, 3.63) is 55.2 Å². The van der Waals surface area contributed by atoms with Crippen LogP contribution in [0, 0.1) is 0 Å². The molecule has 2 aromatic rings. The summed E-state index contributed by atoms with van der Waals surface area (Å²) in [5.74, 6) is 0.753. The molecule has 2 aliphatic rings. The van der Waals surface area contributed by atoms with Crippen molar-refractivity contribution < 1.29 is 19.1 Å². The normalized spacial score (nSPS) is 17.9. The first-order valence-corrected chi connectivity index (χ1v) is 15.8. The Labute approximate surface area is 244 Å². The summed E-state index contributed by atoms with van der Waals surface area (Å²) in [7, 11) is 0. The van der Waals surface area contributed by atoms with Crippen LogP contribution in [0.2, 0.25) is 10.0 Å². The van der Waals surface area contributed by atoms with Gasteiger partial charge in [-0.25, -0.2) is 0 Å². The van der Waals surface area contributed by atoms with Crippen molar-refractivity contribution in [1.82, 2.24) is 0 Å². The average molecular weight is 594 g/mol. The number of thioether (sulfide) groups is 2. The zero-order chi connectivity index (χ0) is 27.4. The second-order valence-electron chi connectivity index (χ2n) is 9.93. The third-order valence-electron chi connectivity index (χ3n) is 6.68. The van der Waals surface area contributed by atoms with Gasteiger partial charge in [0.25, 0.3) is 0 Å². The van der Waals surface area contributed by atoms with Gasteiger partial charge in [0.2, 0.25) is 11.6 Å². The lowest BCUT2D eigenvalue weighted by Gasteiger charge is -2.16. The van der Waals surface area contributed by atoms with Gasteiger partial charge in [-0.3, -0.25) is 9.59 Å². The Kier molecular flexibility index (Phi) is 10.2. The van der Waals surface area contributed by atoms with Crippen LogP contribution in [0.15, 0.2) is 43.9 Å². The lowest BCUT2D eigenvalue weighted by Crippen LogP contribution is -2.12. The second-order valence-corrected chi connectivity index (χ2v) is 12.8. The number of benzene rings is 2. The van der Waals surface area contributed by atoms with Crippen LogP contribution in [-0.2, 0) is 0 Å². The molecule has 0 spiro atoms. The minimum atomic E-state index is -0.190. The van der Waals surface area contributed by atoms with Gasteiger partial charge in [-0.15, -0.1) is 0 Å². The maximum absolute atomic E-state index is 13.4. The number of ether oxygens (including phenoxy) is 2. The molecule has 38 heavy (non-hydrogen) atoms. The SMILES string of the molecule is CCCCC[C@@H](C)Oc1cc2c(cc1Cl)C(=O)/C(=C1/Sc3cc(O[C@H](C)CCCCC)c(Cl)cc3C1=O)S2. The highest BCUT2D eigenvalue weighted by molar-refractivity contribution is 8.08. The summed E-state index contributed by atoms with van der Waals surface area (Å²) in [6.07, 6.45) is 8.76. The van der Waals surface area contributed by atoms with Gasteiger partial charge in [-0.2, -0.15) is 0 Å². The van der Waals surface area contributed by atoms with E-state index in [1.165, 1.54) is 23.5 Å². The molecule has 4 rings (SSSR count). The van der Waals surface area contributed by atoms with Crippen molar-refractivity contribution >= 4 is 58.3 Å². The summed E-state index contributed by atoms with van der Waals surface area (Å²) in [6.45, 7) is 8.41. The minimum absolute atomic E-state index is 0.0222. The number of rotatable bonds is 12. The summed E-state index contributed by atoms with van der Waals surface area (Å²) in [6, 6.07) is 6.97. The van der Waals surface area contributed by atoms with Crippen LogP contribution >= 0.6 is 46.7 Å². The van der Waals surface area contributed by atoms with Gasteiger partial charge in [-0.05, 0) is 63.8 Å². The van der Waals surface area contributed by atoms with Gasteiger partial charge < -0.3 is 9.47 Å². The van der Waals surface area contributed by atoms with Crippen molar-refractivity contribution in [3.8, 4) is 11.5 Å². The Hall–Kier alpha value is -1.60. The van der Waals surface area contributed by atoms with Gasteiger partial charge in [0, 0.05) is 20.9 Å². The zero-order valence-electron chi connectivity index (χ0n) is 22.3. The van der Waals surface area contributed by atoms with E-state index in [-0.39, 0.29) is 23.8 Å². The Balaban J connectivity index is 1.53. The highest BCUT2D eigenvalue weighted by atomic mass is 35.5. The first-order chi connectivity index (χ1) is 18.2. The molecule has 0 amide bonds. The highest BCUT2D eigenvalue weighted by Gasteiger charge is 2.37. The Bertz CT molecular complexity index is 1160. The van der Waals surface area contributed by atoms with Crippen molar-refractivity contribution in [3.63, 3.8) is 0 Å². The van der Waals surface area contributed by atoms with Crippen LogP contribution in [0.25, 0.3) is 0 Å². The molecule has 0 aliphatic carbocycles. The maximum Gasteiger partial charge on any atom is 0.202 e. The third kappa shape index (κ3) is 6.57. The summed E-state index contributed by atoms with van der Waals surface area (Å²) < 4.78 is 12.2. The molecule has 204 valence electrons. The predicted molar refractivity (Wildman–Crippen MR) is 159 cm³/mol. The van der Waals surface area contributed by atoms with E-state index < -0.39 is 0 Å². The van der Waals surface area contributed by atoms with Crippen LogP contribution in [-0.4, -0.2) is 23.8 Å². The second kappa shape index (κ2) is 13.2. The van der Waals surface area contributed by atoms with E-state index in [2.05, 4.69) is 13.8 Å². The van der Waals surface area contributed by atoms with Crippen LogP contribution in [0.4, 0.5) is 0 Å². The summed E-state index contributed by atoms with van der Waals surface area (Å²) in [5.41, 5.74) is 1.00. The number of allylic oxidation sites excluding steroid dienone is 2. The van der Waals surface area contributed by atoms with E-state index in [9.17, 15) is 9.59 Å². The van der Waals surface area contributed by atoms with Crippen LogP contribution in [0.5, 0.6) is 11.5 Å². The van der Waals surface area contributed by atoms with Gasteiger partial charge in [0.15, 0.2) is 0 Å². The highest BCUT2D eigenvalue weighted by Crippen LogP contribution is 2.52. The number of hydrogen-bond acceptors (Lipinski definition) is 6. The fourth-order valence-corrected chi connectivity index (χ4v) is 7.28. The Morgan fingerprint density at radius 3 is 1.45 bits per heavy atom. The molecule has 0 aromatic heterocycles. The molecule has 0 unspecified atom stereocenters. The number of hydrogen-bond donors (Lipinski definition) is 0. The molecule has 2 aliphatic heterocycles. The Morgan fingerprint density at radius 2 is 1.08 bits per heavy atom. The molecule has 4 nitrogen and oxygen atoms in total. The number of carbonyl (C=O) groups is 2. The quantitative estimate of drug-likeness (QED) is 0.180. The van der Waals surface area contributed by atoms with Crippen LogP contribution < -0.4 is 9.47 Å². The molecule has 0 bridgehead atoms. The van der Waals surface area contributed by atoms with E-state index in [0.29, 0.717) is 42.5 Å². The number of carbonyl (C=O) groups excluding carboxylic acids is 2. The molecule has 0 radical (unpaired) electrons. The van der Waals surface area contributed by atoms with Gasteiger partial charge in [-0.1, -0.05) is 86.3 Å². The lowest BCUT2D eigenvalue weighted by atomic mass is 10.1. The van der Waals surface area contributed by atoms with Crippen LogP contribution in [0.1, 0.15) is 99.8 Å². The van der Waals surface area contributed by atoms with Gasteiger partial charge >= 0.3 is 0 Å². The van der Waals surface area contributed by atoms with Crippen molar-refractivity contribution in [2.45, 2.75) is 101 Å². The predicted octanol–water partition coefficient (Wildman–Crippen LogP) is 10.2. The third-order valence-corrected chi connectivity index (χ3v) is 9.71. The van der Waals surface area contributed by atoms with Gasteiger partial charge in [0.05, 0.1) is 32.1 Å². The van der Waals surface area contributed by atoms with Crippen molar-refractivity contribution in [2.24, 2.45) is 0 Å². The van der Waals surface area contributed by atoms with Crippen molar-refractivity contribution in [1.29, 1.82) is 0 Å². The molecular formula is C30H34Cl2O4S2. The first kappa shape index (κ1) is 29.4. The van der Waals surface area contributed by atoms with E-state index in [4.69, 9.17) is 32.7 Å². The topological polar surface area (TPSA) is 52.6 Å². The zero-order valence-corrected chi connectivity index (χ0v) is 25.5. The lowest BCUT2D eigenvalue weighted by molar-refractivity contribution is 0.101.